The van der Waals surface area contributed by atoms with Gasteiger partial charge in [0.25, 0.3) is 0 Å². The van der Waals surface area contributed by atoms with Crippen LogP contribution < -0.4 is 5.73 Å². The Kier molecular flexibility index (Phi) is 3.61. The summed E-state index contributed by atoms with van der Waals surface area (Å²) in [4.78, 5) is 0. The van der Waals surface area contributed by atoms with Crippen LogP contribution in [0.5, 0.6) is 0 Å². The first kappa shape index (κ1) is 12.4. The van der Waals surface area contributed by atoms with Crippen molar-refractivity contribution in [3.8, 4) is 12.1 Å². The van der Waals surface area contributed by atoms with Gasteiger partial charge in [0, 0.05) is 5.69 Å². The lowest BCUT2D eigenvalue weighted by molar-refractivity contribution is 1.42. The average Bonchev–Trinajstić information content (AvgIpc) is 2.46. The minimum atomic E-state index is 0.303. The lowest BCUT2D eigenvalue weighted by atomic mass is 10.0. The second kappa shape index (κ2) is 5.53. The Morgan fingerprint density at radius 1 is 0.895 bits per heavy atom. The van der Waals surface area contributed by atoms with Gasteiger partial charge in [-0.15, -0.1) is 0 Å². The second-order valence-corrected chi connectivity index (χ2v) is 3.99. The standard InChI is InChI=1S/C16H11N3/c17-10-14-8-13(16(19)9-15(14)11-18)7-6-12-4-2-1-3-5-12/h1-9H,19H2/b7-6+. The van der Waals surface area contributed by atoms with Crippen LogP contribution in [0.1, 0.15) is 22.3 Å². The molecule has 90 valence electrons. The lowest BCUT2D eigenvalue weighted by Gasteiger charge is -2.03. The molecule has 2 rings (SSSR count). The monoisotopic (exact) mass is 245 g/mol. The molecule has 19 heavy (non-hydrogen) atoms. The van der Waals surface area contributed by atoms with Crippen LogP contribution in [0.4, 0.5) is 5.69 Å². The van der Waals surface area contributed by atoms with Gasteiger partial charge in [-0.1, -0.05) is 42.5 Å². The fourth-order valence-corrected chi connectivity index (χ4v) is 1.71. The minimum Gasteiger partial charge on any atom is -0.398 e. The number of rotatable bonds is 2. The molecule has 0 saturated carbocycles. The molecule has 2 aromatic rings. The van der Waals surface area contributed by atoms with E-state index >= 15 is 0 Å². The zero-order valence-electron chi connectivity index (χ0n) is 10.2. The predicted octanol–water partition coefficient (Wildman–Crippen LogP) is 3.18. The number of nitrogens with zero attached hydrogens (tertiary/aromatic N) is 2. The summed E-state index contributed by atoms with van der Waals surface area (Å²) < 4.78 is 0. The van der Waals surface area contributed by atoms with Gasteiger partial charge in [-0.3, -0.25) is 0 Å². The van der Waals surface area contributed by atoms with Crippen molar-refractivity contribution in [2.24, 2.45) is 0 Å². The molecular formula is C16H11N3. The Hall–Kier alpha value is -3.04. The smallest absolute Gasteiger partial charge is 0.101 e. The first-order valence-electron chi connectivity index (χ1n) is 5.71. The van der Waals surface area contributed by atoms with Gasteiger partial charge in [0.15, 0.2) is 0 Å². The summed E-state index contributed by atoms with van der Waals surface area (Å²) in [6.07, 6.45) is 3.76. The maximum atomic E-state index is 8.98. The summed E-state index contributed by atoms with van der Waals surface area (Å²) in [6.45, 7) is 0. The normalized spacial score (nSPS) is 10.0. The number of anilines is 1. The molecule has 0 radical (unpaired) electrons. The molecule has 0 spiro atoms. The Morgan fingerprint density at radius 3 is 2.16 bits per heavy atom. The molecule has 0 amide bonds. The number of nitriles is 2. The van der Waals surface area contributed by atoms with Gasteiger partial charge in [-0.25, -0.2) is 0 Å². The van der Waals surface area contributed by atoms with Gasteiger partial charge >= 0.3 is 0 Å². The maximum absolute atomic E-state index is 8.98. The van der Waals surface area contributed by atoms with Crippen molar-refractivity contribution >= 4 is 17.8 Å². The van der Waals surface area contributed by atoms with Crippen LogP contribution in [0.15, 0.2) is 42.5 Å². The van der Waals surface area contributed by atoms with Crippen molar-refractivity contribution in [1.82, 2.24) is 0 Å². The summed E-state index contributed by atoms with van der Waals surface area (Å²) in [5.41, 5.74) is 8.78. The van der Waals surface area contributed by atoms with Gasteiger partial charge in [-0.2, -0.15) is 10.5 Å². The Bertz CT molecular complexity index is 701. The number of nitrogen functional groups attached to an aromatic ring is 1. The zero-order chi connectivity index (χ0) is 13.7. The van der Waals surface area contributed by atoms with Gasteiger partial charge in [0.2, 0.25) is 0 Å². The quantitative estimate of drug-likeness (QED) is 0.652. The molecule has 0 aromatic heterocycles. The van der Waals surface area contributed by atoms with Crippen molar-refractivity contribution in [1.29, 1.82) is 10.5 Å². The molecule has 0 bridgehead atoms. The molecule has 3 heteroatoms. The van der Waals surface area contributed by atoms with E-state index in [2.05, 4.69) is 0 Å². The van der Waals surface area contributed by atoms with E-state index in [1.165, 1.54) is 6.07 Å². The summed E-state index contributed by atoms with van der Waals surface area (Å²) in [5, 5.41) is 17.9. The zero-order valence-corrected chi connectivity index (χ0v) is 10.2. The molecular weight excluding hydrogens is 234 g/mol. The molecule has 0 aliphatic heterocycles. The highest BCUT2D eigenvalue weighted by molar-refractivity contribution is 5.77. The highest BCUT2D eigenvalue weighted by Crippen LogP contribution is 2.20. The third-order valence-corrected chi connectivity index (χ3v) is 2.72. The minimum absolute atomic E-state index is 0.303. The number of benzene rings is 2. The first-order valence-corrected chi connectivity index (χ1v) is 5.71. The van der Waals surface area contributed by atoms with E-state index in [9.17, 15) is 0 Å². The van der Waals surface area contributed by atoms with Crippen molar-refractivity contribution in [2.45, 2.75) is 0 Å². The van der Waals surface area contributed by atoms with Crippen LogP contribution in [-0.4, -0.2) is 0 Å². The highest BCUT2D eigenvalue weighted by atomic mass is 14.6. The Balaban J connectivity index is 2.40. The van der Waals surface area contributed by atoms with Crippen molar-refractivity contribution < 1.29 is 0 Å². The maximum Gasteiger partial charge on any atom is 0.101 e. The van der Waals surface area contributed by atoms with Crippen molar-refractivity contribution in [3.05, 3.63) is 64.7 Å². The number of hydrogen-bond acceptors (Lipinski definition) is 3. The third-order valence-electron chi connectivity index (χ3n) is 2.72. The van der Waals surface area contributed by atoms with Gasteiger partial charge < -0.3 is 5.73 Å². The molecule has 0 aliphatic carbocycles. The molecule has 2 aromatic carbocycles. The molecule has 0 atom stereocenters. The molecule has 0 fully saturated rings. The van der Waals surface area contributed by atoms with Crippen LogP contribution in [0.2, 0.25) is 0 Å². The molecule has 2 N–H and O–H groups in total. The van der Waals surface area contributed by atoms with Crippen LogP contribution in [-0.2, 0) is 0 Å². The van der Waals surface area contributed by atoms with Crippen LogP contribution in [0.25, 0.3) is 12.2 Å². The summed E-state index contributed by atoms with van der Waals surface area (Å²) in [5.74, 6) is 0. The number of nitrogens with two attached hydrogens (primary N) is 1. The number of hydrogen-bond donors (Lipinski definition) is 1. The van der Waals surface area contributed by atoms with E-state index in [1.54, 1.807) is 6.07 Å². The SMILES string of the molecule is N#Cc1cc(N)c(/C=C/c2ccccc2)cc1C#N. The molecule has 0 saturated heterocycles. The second-order valence-electron chi connectivity index (χ2n) is 3.99. The van der Waals surface area contributed by atoms with Crippen LogP contribution in [0, 0.1) is 22.7 Å². The summed E-state index contributed by atoms with van der Waals surface area (Å²) in [6, 6.07) is 16.9. The van der Waals surface area contributed by atoms with Gasteiger partial charge in [-0.05, 0) is 23.3 Å². The van der Waals surface area contributed by atoms with Crippen molar-refractivity contribution in [2.75, 3.05) is 5.73 Å². The van der Waals surface area contributed by atoms with E-state index in [0.29, 0.717) is 16.8 Å². The van der Waals surface area contributed by atoms with Crippen LogP contribution in [0.3, 0.4) is 0 Å². The van der Waals surface area contributed by atoms with E-state index in [0.717, 1.165) is 11.1 Å². The lowest BCUT2D eigenvalue weighted by Crippen LogP contribution is -1.94. The molecule has 0 aliphatic rings. The summed E-state index contributed by atoms with van der Waals surface area (Å²) >= 11 is 0. The highest BCUT2D eigenvalue weighted by Gasteiger charge is 2.05. The summed E-state index contributed by atoms with van der Waals surface area (Å²) in [7, 11) is 0. The van der Waals surface area contributed by atoms with Crippen LogP contribution >= 0.6 is 0 Å². The van der Waals surface area contributed by atoms with E-state index < -0.39 is 0 Å². The van der Waals surface area contributed by atoms with Gasteiger partial charge in [0.05, 0.1) is 11.1 Å². The van der Waals surface area contributed by atoms with E-state index in [4.69, 9.17) is 16.3 Å². The van der Waals surface area contributed by atoms with E-state index in [-0.39, 0.29) is 0 Å². The predicted molar refractivity (Wildman–Crippen MR) is 75.7 cm³/mol. The molecule has 0 unspecified atom stereocenters. The van der Waals surface area contributed by atoms with Crippen molar-refractivity contribution in [3.63, 3.8) is 0 Å². The fraction of sp³-hybridized carbons (Fsp3) is 0. The first-order chi connectivity index (χ1) is 9.24. The average molecular weight is 245 g/mol. The fourth-order valence-electron chi connectivity index (χ4n) is 1.71. The Morgan fingerprint density at radius 2 is 1.53 bits per heavy atom. The third kappa shape index (κ3) is 2.80. The Labute approximate surface area is 111 Å². The molecule has 3 nitrogen and oxygen atoms in total. The van der Waals surface area contributed by atoms with Gasteiger partial charge in [0.1, 0.15) is 12.1 Å². The molecule has 0 heterocycles. The largest absolute Gasteiger partial charge is 0.398 e. The van der Waals surface area contributed by atoms with E-state index in [1.807, 2.05) is 54.6 Å². The topological polar surface area (TPSA) is 73.6 Å².